The average Bonchev–Trinajstić information content (AvgIpc) is 2.28. The molecule has 0 heterocycles. The Morgan fingerprint density at radius 1 is 1.62 bits per heavy atom. The lowest BCUT2D eigenvalue weighted by atomic mass is 10.1. The van der Waals surface area contributed by atoms with Crippen LogP contribution in [0, 0.1) is 0 Å². The van der Waals surface area contributed by atoms with E-state index in [1.54, 1.807) is 18.2 Å². The second-order valence-electron chi connectivity index (χ2n) is 3.29. The first-order valence-electron chi connectivity index (χ1n) is 4.67. The van der Waals surface area contributed by atoms with Gasteiger partial charge in [-0.15, -0.1) is 0 Å². The lowest BCUT2D eigenvalue weighted by Gasteiger charge is -2.11. The summed E-state index contributed by atoms with van der Waals surface area (Å²) in [5, 5.41) is 0.486. The molecule has 0 bridgehead atoms. The molecular formula is C10H14ClN3O2. The van der Waals surface area contributed by atoms with Crippen LogP contribution in [-0.4, -0.2) is 19.1 Å². The van der Waals surface area contributed by atoms with Gasteiger partial charge in [0.2, 0.25) is 0 Å². The number of carbonyl (C=O) groups is 1. The van der Waals surface area contributed by atoms with Crippen LogP contribution in [0.15, 0.2) is 18.2 Å². The zero-order chi connectivity index (χ0) is 12.1. The van der Waals surface area contributed by atoms with Crippen LogP contribution in [0.3, 0.4) is 0 Å². The van der Waals surface area contributed by atoms with Gasteiger partial charge in [-0.1, -0.05) is 17.7 Å². The lowest BCUT2D eigenvalue weighted by molar-refractivity contribution is -0.122. The minimum absolute atomic E-state index is 0.368. The minimum Gasteiger partial charge on any atom is -0.495 e. The summed E-state index contributed by atoms with van der Waals surface area (Å²) in [5.74, 6) is 5.15. The summed E-state index contributed by atoms with van der Waals surface area (Å²) in [6, 6.07) is 4.55. The zero-order valence-corrected chi connectivity index (χ0v) is 9.62. The molecule has 0 aromatic heterocycles. The molecule has 1 aromatic carbocycles. The highest BCUT2D eigenvalue weighted by atomic mass is 35.5. The van der Waals surface area contributed by atoms with Crippen molar-refractivity contribution in [3.63, 3.8) is 0 Å². The molecule has 1 aromatic rings. The molecule has 88 valence electrons. The van der Waals surface area contributed by atoms with Crippen molar-refractivity contribution in [2.45, 2.75) is 12.5 Å². The number of carbonyl (C=O) groups excluding carboxylic acids is 1. The fourth-order valence-corrected chi connectivity index (χ4v) is 1.57. The minimum atomic E-state index is -0.686. The maximum atomic E-state index is 11.1. The molecule has 1 amide bonds. The van der Waals surface area contributed by atoms with Crippen molar-refractivity contribution in [2.75, 3.05) is 7.11 Å². The van der Waals surface area contributed by atoms with Gasteiger partial charge in [-0.25, -0.2) is 5.84 Å². The van der Waals surface area contributed by atoms with Crippen LogP contribution in [0.1, 0.15) is 5.56 Å². The van der Waals surface area contributed by atoms with Crippen LogP contribution < -0.4 is 21.7 Å². The van der Waals surface area contributed by atoms with Crippen LogP contribution in [0.2, 0.25) is 5.02 Å². The molecule has 0 fully saturated rings. The number of nitrogens with one attached hydrogen (secondary N) is 1. The van der Waals surface area contributed by atoms with Gasteiger partial charge >= 0.3 is 0 Å². The Kier molecular flexibility index (Phi) is 4.54. The molecule has 0 aliphatic heterocycles. The molecule has 16 heavy (non-hydrogen) atoms. The lowest BCUT2D eigenvalue weighted by Crippen LogP contribution is -2.45. The average molecular weight is 244 g/mol. The van der Waals surface area contributed by atoms with Gasteiger partial charge in [-0.05, 0) is 24.1 Å². The maximum absolute atomic E-state index is 11.1. The summed E-state index contributed by atoms with van der Waals surface area (Å²) in [5.41, 5.74) is 8.46. The van der Waals surface area contributed by atoms with Gasteiger partial charge in [-0.3, -0.25) is 10.2 Å². The molecular weight excluding hydrogens is 230 g/mol. The van der Waals surface area contributed by atoms with E-state index < -0.39 is 11.9 Å². The number of methoxy groups -OCH3 is 1. The third-order valence-electron chi connectivity index (χ3n) is 2.15. The molecule has 5 N–H and O–H groups in total. The number of amides is 1. The molecule has 1 atom stereocenters. The first kappa shape index (κ1) is 12.8. The van der Waals surface area contributed by atoms with Gasteiger partial charge in [0.05, 0.1) is 18.2 Å². The van der Waals surface area contributed by atoms with Crippen LogP contribution in [-0.2, 0) is 11.2 Å². The summed E-state index contributed by atoms with van der Waals surface area (Å²) < 4.78 is 5.01. The van der Waals surface area contributed by atoms with E-state index in [2.05, 4.69) is 0 Å². The normalized spacial score (nSPS) is 12.0. The summed E-state index contributed by atoms with van der Waals surface area (Å²) in [6.07, 6.45) is 0.368. The molecule has 0 saturated heterocycles. The predicted molar refractivity (Wildman–Crippen MR) is 62.0 cm³/mol. The number of ether oxygens (including phenoxy) is 1. The molecule has 1 unspecified atom stereocenters. The van der Waals surface area contributed by atoms with Crippen LogP contribution in [0.5, 0.6) is 5.75 Å². The largest absolute Gasteiger partial charge is 0.495 e. The van der Waals surface area contributed by atoms with E-state index in [9.17, 15) is 4.79 Å². The number of halogens is 1. The summed E-state index contributed by atoms with van der Waals surface area (Å²) in [7, 11) is 1.54. The van der Waals surface area contributed by atoms with Gasteiger partial charge in [-0.2, -0.15) is 0 Å². The summed E-state index contributed by atoms with van der Waals surface area (Å²) >= 11 is 5.94. The SMILES string of the molecule is COc1ccc(CC(N)C(=O)NN)cc1Cl. The van der Waals surface area contributed by atoms with E-state index in [0.29, 0.717) is 17.2 Å². The number of hydrogen-bond donors (Lipinski definition) is 3. The van der Waals surface area contributed by atoms with Crippen LogP contribution in [0.4, 0.5) is 0 Å². The first-order chi connectivity index (χ1) is 7.58. The van der Waals surface area contributed by atoms with Crippen LogP contribution >= 0.6 is 11.6 Å². The van der Waals surface area contributed by atoms with Gasteiger partial charge in [0.25, 0.3) is 5.91 Å². The van der Waals surface area contributed by atoms with Gasteiger partial charge in [0.15, 0.2) is 0 Å². The number of benzene rings is 1. The van der Waals surface area contributed by atoms with Crippen molar-refractivity contribution < 1.29 is 9.53 Å². The highest BCUT2D eigenvalue weighted by Gasteiger charge is 2.13. The third-order valence-corrected chi connectivity index (χ3v) is 2.45. The van der Waals surface area contributed by atoms with Crippen molar-refractivity contribution in [2.24, 2.45) is 11.6 Å². The zero-order valence-electron chi connectivity index (χ0n) is 8.87. The van der Waals surface area contributed by atoms with E-state index >= 15 is 0 Å². The maximum Gasteiger partial charge on any atom is 0.251 e. The van der Waals surface area contributed by atoms with Gasteiger partial charge in [0, 0.05) is 0 Å². The van der Waals surface area contributed by atoms with Crippen LogP contribution in [0.25, 0.3) is 0 Å². The van der Waals surface area contributed by atoms with Crippen molar-refractivity contribution in [1.82, 2.24) is 5.43 Å². The molecule has 0 radical (unpaired) electrons. The fraction of sp³-hybridized carbons (Fsp3) is 0.300. The Morgan fingerprint density at radius 2 is 2.31 bits per heavy atom. The second-order valence-corrected chi connectivity index (χ2v) is 3.70. The van der Waals surface area contributed by atoms with E-state index in [4.69, 9.17) is 27.9 Å². The van der Waals surface area contributed by atoms with Crippen molar-refractivity contribution in [3.8, 4) is 5.75 Å². The smallest absolute Gasteiger partial charge is 0.251 e. The Morgan fingerprint density at radius 3 is 2.81 bits per heavy atom. The number of rotatable bonds is 4. The number of nitrogens with two attached hydrogens (primary N) is 2. The topological polar surface area (TPSA) is 90.4 Å². The van der Waals surface area contributed by atoms with Crippen molar-refractivity contribution in [1.29, 1.82) is 0 Å². The molecule has 0 aliphatic carbocycles. The monoisotopic (exact) mass is 243 g/mol. The molecule has 0 saturated carbocycles. The molecule has 0 spiro atoms. The molecule has 6 heteroatoms. The van der Waals surface area contributed by atoms with E-state index in [0.717, 1.165) is 5.56 Å². The number of hydrogen-bond acceptors (Lipinski definition) is 4. The fourth-order valence-electron chi connectivity index (χ4n) is 1.29. The highest BCUT2D eigenvalue weighted by Crippen LogP contribution is 2.25. The molecule has 5 nitrogen and oxygen atoms in total. The first-order valence-corrected chi connectivity index (χ1v) is 5.04. The van der Waals surface area contributed by atoms with E-state index in [1.807, 2.05) is 5.43 Å². The van der Waals surface area contributed by atoms with Gasteiger partial charge in [0.1, 0.15) is 5.75 Å². The Labute approximate surface area is 98.7 Å². The Balaban J connectivity index is 2.75. The van der Waals surface area contributed by atoms with E-state index in [1.165, 1.54) is 7.11 Å². The highest BCUT2D eigenvalue weighted by molar-refractivity contribution is 6.32. The summed E-state index contributed by atoms with van der Waals surface area (Å²) in [6.45, 7) is 0. The van der Waals surface area contributed by atoms with Crippen molar-refractivity contribution in [3.05, 3.63) is 28.8 Å². The predicted octanol–water partition coefficient (Wildman–Crippen LogP) is 0.208. The summed E-state index contributed by atoms with van der Waals surface area (Å²) in [4.78, 5) is 11.1. The van der Waals surface area contributed by atoms with Gasteiger partial charge < -0.3 is 10.5 Å². The molecule has 1 rings (SSSR count). The molecule has 0 aliphatic rings. The second kappa shape index (κ2) is 5.69. The Hall–Kier alpha value is -1.30. The Bertz CT molecular complexity index is 384. The van der Waals surface area contributed by atoms with E-state index in [-0.39, 0.29) is 0 Å². The quantitative estimate of drug-likeness (QED) is 0.401. The standard InChI is InChI=1S/C10H14ClN3O2/c1-16-9-3-2-6(4-7(9)11)5-8(12)10(15)14-13/h2-4,8H,5,12-13H2,1H3,(H,14,15). The van der Waals surface area contributed by atoms with Crippen molar-refractivity contribution >= 4 is 17.5 Å². The number of hydrazine groups is 1. The third kappa shape index (κ3) is 3.10.